The molecule has 104 valence electrons. The quantitative estimate of drug-likeness (QED) is 0.777. The van der Waals surface area contributed by atoms with Crippen molar-refractivity contribution >= 4 is 22.0 Å². The van der Waals surface area contributed by atoms with Crippen LogP contribution >= 0.6 is 15.9 Å². The molecule has 0 radical (unpaired) electrons. The van der Waals surface area contributed by atoms with Gasteiger partial charge in [-0.25, -0.2) is 0 Å². The van der Waals surface area contributed by atoms with Crippen LogP contribution in [0.3, 0.4) is 0 Å². The molecule has 2 heteroatoms. The monoisotopic (exact) mass is 314 g/mol. The van der Waals surface area contributed by atoms with Gasteiger partial charge in [-0.15, -0.1) is 0 Å². The molecule has 0 bridgehead atoms. The summed E-state index contributed by atoms with van der Waals surface area (Å²) in [5.41, 5.74) is 1.53. The van der Waals surface area contributed by atoms with Crippen molar-refractivity contribution < 1.29 is 5.11 Å². The highest BCUT2D eigenvalue weighted by Gasteiger charge is 2.09. The maximum absolute atomic E-state index is 7.00. The van der Waals surface area contributed by atoms with Crippen LogP contribution in [-0.4, -0.2) is 12.2 Å². The number of halogens is 1. The standard InChI is InChI=1S/C13H17Br.C2H6.CH4O/c1-4-13(2,3)10-9-11-7-5-6-8-12(11)14;2*1-2/h5-10H,4H2,1-3H3;1-2H3;2H,1H3/b10-9+;;. The molecule has 0 aliphatic carbocycles. The molecular formula is C16H27BrO. The maximum atomic E-state index is 7.00. The van der Waals surface area contributed by atoms with Gasteiger partial charge in [-0.05, 0) is 23.5 Å². The van der Waals surface area contributed by atoms with E-state index >= 15 is 0 Å². The molecular weight excluding hydrogens is 288 g/mol. The van der Waals surface area contributed by atoms with Gasteiger partial charge in [0.2, 0.25) is 0 Å². The molecule has 0 fully saturated rings. The molecule has 0 atom stereocenters. The van der Waals surface area contributed by atoms with E-state index in [1.54, 1.807) is 0 Å². The van der Waals surface area contributed by atoms with E-state index in [0.717, 1.165) is 18.0 Å². The summed E-state index contributed by atoms with van der Waals surface area (Å²) in [7, 11) is 1.00. The highest BCUT2D eigenvalue weighted by Crippen LogP contribution is 2.24. The Bertz CT molecular complexity index is 330. The third kappa shape index (κ3) is 8.48. The first-order valence-electron chi connectivity index (χ1n) is 6.43. The number of aliphatic hydroxyl groups excluding tert-OH is 1. The maximum Gasteiger partial charge on any atom is 0.0319 e. The number of rotatable bonds is 3. The van der Waals surface area contributed by atoms with Crippen molar-refractivity contribution in [1.29, 1.82) is 0 Å². The summed E-state index contributed by atoms with van der Waals surface area (Å²) in [6.07, 6.45) is 5.62. The highest BCUT2D eigenvalue weighted by molar-refractivity contribution is 9.10. The average Bonchev–Trinajstić information content (AvgIpc) is 2.42. The van der Waals surface area contributed by atoms with Gasteiger partial charge in [-0.1, -0.05) is 80.9 Å². The van der Waals surface area contributed by atoms with Crippen molar-refractivity contribution in [3.8, 4) is 0 Å². The predicted molar refractivity (Wildman–Crippen MR) is 86.7 cm³/mol. The van der Waals surface area contributed by atoms with Crippen LogP contribution < -0.4 is 0 Å². The average molecular weight is 315 g/mol. The molecule has 0 saturated heterocycles. The second kappa shape index (κ2) is 11.5. The zero-order valence-corrected chi connectivity index (χ0v) is 14.1. The van der Waals surface area contributed by atoms with Crippen LogP contribution in [-0.2, 0) is 0 Å². The first-order chi connectivity index (χ1) is 8.55. The Kier molecular flexibility index (Phi) is 12.6. The minimum Gasteiger partial charge on any atom is -0.400 e. The van der Waals surface area contributed by atoms with Crippen molar-refractivity contribution in [2.24, 2.45) is 5.41 Å². The van der Waals surface area contributed by atoms with E-state index in [9.17, 15) is 0 Å². The minimum absolute atomic E-state index is 0.287. The van der Waals surface area contributed by atoms with Gasteiger partial charge < -0.3 is 5.11 Å². The minimum atomic E-state index is 0.287. The summed E-state index contributed by atoms with van der Waals surface area (Å²) < 4.78 is 1.16. The Morgan fingerprint density at radius 3 is 2.11 bits per heavy atom. The Morgan fingerprint density at radius 1 is 1.17 bits per heavy atom. The molecule has 0 saturated carbocycles. The number of hydrogen-bond donors (Lipinski definition) is 1. The number of hydrogen-bond acceptors (Lipinski definition) is 1. The Balaban J connectivity index is 0. The molecule has 0 heterocycles. The van der Waals surface area contributed by atoms with E-state index in [-0.39, 0.29) is 5.41 Å². The molecule has 0 unspecified atom stereocenters. The molecule has 0 aliphatic heterocycles. The lowest BCUT2D eigenvalue weighted by molar-refractivity contribution is 0.399. The summed E-state index contributed by atoms with van der Waals surface area (Å²) >= 11 is 3.53. The van der Waals surface area contributed by atoms with Gasteiger partial charge >= 0.3 is 0 Å². The lowest BCUT2D eigenvalue weighted by Crippen LogP contribution is -2.03. The molecule has 1 rings (SSSR count). The third-order valence-corrected chi connectivity index (χ3v) is 3.25. The molecule has 0 amide bonds. The molecule has 0 spiro atoms. The summed E-state index contributed by atoms with van der Waals surface area (Å²) in [6.45, 7) is 10.7. The van der Waals surface area contributed by atoms with E-state index in [1.807, 2.05) is 19.9 Å². The van der Waals surface area contributed by atoms with Gasteiger partial charge in [0.05, 0.1) is 0 Å². The fourth-order valence-corrected chi connectivity index (χ4v) is 1.46. The van der Waals surface area contributed by atoms with Gasteiger partial charge in [0.25, 0.3) is 0 Å². The Labute approximate surface area is 121 Å². The van der Waals surface area contributed by atoms with Crippen LogP contribution in [0.25, 0.3) is 6.08 Å². The predicted octanol–water partition coefficient (Wildman–Crippen LogP) is 5.53. The van der Waals surface area contributed by atoms with E-state index in [2.05, 4.69) is 67.1 Å². The second-order valence-corrected chi connectivity index (χ2v) is 5.05. The van der Waals surface area contributed by atoms with Crippen LogP contribution in [0.2, 0.25) is 0 Å². The van der Waals surface area contributed by atoms with Crippen LogP contribution in [0, 0.1) is 5.41 Å². The van der Waals surface area contributed by atoms with Crippen molar-refractivity contribution in [1.82, 2.24) is 0 Å². The van der Waals surface area contributed by atoms with E-state index < -0.39 is 0 Å². The molecule has 18 heavy (non-hydrogen) atoms. The fourth-order valence-electron chi connectivity index (χ4n) is 1.04. The molecule has 1 aromatic carbocycles. The van der Waals surface area contributed by atoms with Gasteiger partial charge in [0.1, 0.15) is 0 Å². The van der Waals surface area contributed by atoms with E-state index in [0.29, 0.717) is 0 Å². The van der Waals surface area contributed by atoms with Crippen molar-refractivity contribution in [2.45, 2.75) is 41.0 Å². The molecule has 1 nitrogen and oxygen atoms in total. The van der Waals surface area contributed by atoms with Gasteiger partial charge in [-0.2, -0.15) is 0 Å². The summed E-state index contributed by atoms with van der Waals surface area (Å²) in [5.74, 6) is 0. The second-order valence-electron chi connectivity index (χ2n) is 4.20. The lowest BCUT2D eigenvalue weighted by atomic mass is 9.89. The van der Waals surface area contributed by atoms with Gasteiger partial charge in [-0.3, -0.25) is 0 Å². The molecule has 0 aliphatic rings. The van der Waals surface area contributed by atoms with Crippen molar-refractivity contribution in [2.75, 3.05) is 7.11 Å². The Hall–Kier alpha value is -0.600. The van der Waals surface area contributed by atoms with Crippen LogP contribution in [0.15, 0.2) is 34.8 Å². The fraction of sp³-hybridized carbons (Fsp3) is 0.500. The topological polar surface area (TPSA) is 20.2 Å². The van der Waals surface area contributed by atoms with Crippen LogP contribution in [0.4, 0.5) is 0 Å². The lowest BCUT2D eigenvalue weighted by Gasteiger charge is -2.16. The number of benzene rings is 1. The largest absolute Gasteiger partial charge is 0.400 e. The van der Waals surface area contributed by atoms with Crippen molar-refractivity contribution in [3.05, 3.63) is 40.4 Å². The SMILES string of the molecule is CC.CCC(C)(C)/C=C/c1ccccc1Br.CO. The van der Waals surface area contributed by atoms with Gasteiger partial charge in [0.15, 0.2) is 0 Å². The van der Waals surface area contributed by atoms with Crippen LogP contribution in [0.1, 0.15) is 46.6 Å². The zero-order chi connectivity index (χ0) is 14.6. The van der Waals surface area contributed by atoms with Crippen molar-refractivity contribution in [3.63, 3.8) is 0 Å². The third-order valence-electron chi connectivity index (χ3n) is 2.53. The summed E-state index contributed by atoms with van der Waals surface area (Å²) in [4.78, 5) is 0. The molecule has 1 N–H and O–H groups in total. The normalized spacial score (nSPS) is 10.2. The molecule has 0 aromatic heterocycles. The first-order valence-corrected chi connectivity index (χ1v) is 7.23. The van der Waals surface area contributed by atoms with E-state index in [4.69, 9.17) is 5.11 Å². The van der Waals surface area contributed by atoms with Crippen LogP contribution in [0.5, 0.6) is 0 Å². The zero-order valence-electron chi connectivity index (χ0n) is 12.5. The summed E-state index contributed by atoms with van der Waals surface area (Å²) in [5, 5.41) is 7.00. The smallest absolute Gasteiger partial charge is 0.0319 e. The Morgan fingerprint density at radius 2 is 1.67 bits per heavy atom. The van der Waals surface area contributed by atoms with E-state index in [1.165, 1.54) is 5.56 Å². The highest BCUT2D eigenvalue weighted by atomic mass is 79.9. The number of aliphatic hydroxyl groups is 1. The molecule has 1 aromatic rings. The first kappa shape index (κ1) is 19.7. The van der Waals surface area contributed by atoms with Gasteiger partial charge in [0, 0.05) is 11.6 Å². The number of allylic oxidation sites excluding steroid dienone is 1. The summed E-state index contributed by atoms with van der Waals surface area (Å²) in [6, 6.07) is 8.28.